The summed E-state index contributed by atoms with van der Waals surface area (Å²) in [7, 11) is 0.467. The number of hydrogen-bond acceptors (Lipinski definition) is 1. The predicted molar refractivity (Wildman–Crippen MR) is 66.5 cm³/mol. The molecule has 1 rings (SSSR count). The van der Waals surface area contributed by atoms with Gasteiger partial charge in [0.25, 0.3) is 9.76 Å². The maximum absolute atomic E-state index is 5.95. The zero-order valence-corrected chi connectivity index (χ0v) is 10.9. The van der Waals surface area contributed by atoms with Crippen molar-refractivity contribution in [3.05, 3.63) is 30.3 Å². The van der Waals surface area contributed by atoms with Crippen LogP contribution in [0, 0.1) is 0 Å². The van der Waals surface area contributed by atoms with Crippen molar-refractivity contribution in [2.75, 3.05) is 0 Å². The number of hydrogen-bond donors (Lipinski definition) is 0. The molecule has 0 aromatic heterocycles. The van der Waals surface area contributed by atoms with Gasteiger partial charge in [0.2, 0.25) is 0 Å². The minimum Gasteiger partial charge on any atom is -0.406 e. The summed E-state index contributed by atoms with van der Waals surface area (Å²) in [5.41, 5.74) is 0.0182. The fraction of sp³-hybridized carbons (Fsp3) is 0.538. The van der Waals surface area contributed by atoms with Gasteiger partial charge in [-0.05, 0) is 25.5 Å². The third kappa shape index (κ3) is 5.14. The highest BCUT2D eigenvalue weighted by Crippen LogP contribution is 2.16. The van der Waals surface area contributed by atoms with E-state index in [1.807, 2.05) is 6.07 Å². The highest BCUT2D eigenvalue weighted by molar-refractivity contribution is 6.46. The van der Waals surface area contributed by atoms with Crippen LogP contribution < -0.4 is 5.19 Å². The minimum absolute atomic E-state index is 0.0182. The van der Waals surface area contributed by atoms with Crippen molar-refractivity contribution in [3.63, 3.8) is 0 Å². The molecule has 0 atom stereocenters. The summed E-state index contributed by atoms with van der Waals surface area (Å²) in [6.07, 6.45) is 3.62. The summed E-state index contributed by atoms with van der Waals surface area (Å²) < 4.78 is 5.95. The van der Waals surface area contributed by atoms with E-state index in [0.29, 0.717) is 9.76 Å². The first kappa shape index (κ1) is 12.5. The Hall–Kier alpha value is -0.603. The Labute approximate surface area is 95.8 Å². The molecule has 0 aliphatic rings. The predicted octanol–water partition coefficient (Wildman–Crippen LogP) is 2.92. The van der Waals surface area contributed by atoms with Crippen LogP contribution in [-0.4, -0.2) is 15.4 Å². The van der Waals surface area contributed by atoms with Gasteiger partial charge in [-0.25, -0.2) is 0 Å². The van der Waals surface area contributed by atoms with Crippen molar-refractivity contribution in [2.45, 2.75) is 45.6 Å². The summed E-state index contributed by atoms with van der Waals surface area (Å²) in [5, 5.41) is 1.28. The fourth-order valence-electron chi connectivity index (χ4n) is 1.36. The Morgan fingerprint density at radius 2 is 1.87 bits per heavy atom. The molecule has 0 aliphatic heterocycles. The zero-order valence-electron chi connectivity index (χ0n) is 9.92. The number of unbranched alkanes of at least 4 members (excludes halogenated alkanes) is 1. The van der Waals surface area contributed by atoms with Crippen LogP contribution in [0.1, 0.15) is 40.0 Å². The molecule has 1 aromatic rings. The van der Waals surface area contributed by atoms with E-state index in [2.05, 4.69) is 45.0 Å². The Morgan fingerprint density at radius 3 is 2.47 bits per heavy atom. The Morgan fingerprint density at radius 1 is 1.20 bits per heavy atom. The van der Waals surface area contributed by atoms with Crippen LogP contribution in [0.4, 0.5) is 0 Å². The van der Waals surface area contributed by atoms with E-state index < -0.39 is 0 Å². The van der Waals surface area contributed by atoms with Gasteiger partial charge in [0, 0.05) is 0 Å². The Bertz CT molecular complexity index is 269. The van der Waals surface area contributed by atoms with Crippen LogP contribution in [0.3, 0.4) is 0 Å². The van der Waals surface area contributed by atoms with Crippen molar-refractivity contribution in [1.29, 1.82) is 0 Å². The monoisotopic (exact) mass is 220 g/mol. The number of rotatable bonds is 6. The summed E-state index contributed by atoms with van der Waals surface area (Å²) >= 11 is 0. The van der Waals surface area contributed by atoms with Gasteiger partial charge in [-0.15, -0.1) is 0 Å². The van der Waals surface area contributed by atoms with Crippen LogP contribution in [0.5, 0.6) is 0 Å². The lowest BCUT2D eigenvalue weighted by atomic mass is 10.0. The number of benzene rings is 1. The molecular weight excluding hydrogens is 200 g/mol. The SMILES string of the molecule is CCCCC(C)(C)O[Si]c1ccccc1. The van der Waals surface area contributed by atoms with Crippen LogP contribution >= 0.6 is 0 Å². The van der Waals surface area contributed by atoms with E-state index >= 15 is 0 Å². The zero-order chi connectivity index (χ0) is 11.1. The summed E-state index contributed by atoms with van der Waals surface area (Å²) in [6, 6.07) is 10.4. The van der Waals surface area contributed by atoms with Crippen LogP contribution in [0.25, 0.3) is 0 Å². The third-order valence-electron chi connectivity index (χ3n) is 2.35. The van der Waals surface area contributed by atoms with Gasteiger partial charge < -0.3 is 4.43 Å². The first-order chi connectivity index (χ1) is 7.14. The molecule has 0 saturated carbocycles. The summed E-state index contributed by atoms with van der Waals surface area (Å²) in [6.45, 7) is 6.58. The third-order valence-corrected chi connectivity index (χ3v) is 3.58. The average molecular weight is 220 g/mol. The van der Waals surface area contributed by atoms with E-state index in [-0.39, 0.29) is 5.60 Å². The van der Waals surface area contributed by atoms with Crippen LogP contribution in [-0.2, 0) is 4.43 Å². The van der Waals surface area contributed by atoms with E-state index in [0.717, 1.165) is 6.42 Å². The highest BCUT2D eigenvalue weighted by atomic mass is 28.2. The fourth-order valence-corrected chi connectivity index (χ4v) is 2.18. The first-order valence-corrected chi connectivity index (χ1v) is 6.54. The molecule has 0 aliphatic carbocycles. The van der Waals surface area contributed by atoms with Gasteiger partial charge in [0.15, 0.2) is 0 Å². The minimum atomic E-state index is 0.0182. The van der Waals surface area contributed by atoms with Crippen molar-refractivity contribution in [1.82, 2.24) is 0 Å². The quantitative estimate of drug-likeness (QED) is 0.670. The maximum atomic E-state index is 5.95. The topological polar surface area (TPSA) is 9.23 Å². The average Bonchev–Trinajstić information content (AvgIpc) is 2.25. The van der Waals surface area contributed by atoms with Crippen LogP contribution in [0.2, 0.25) is 0 Å². The molecule has 1 nitrogen and oxygen atoms in total. The molecule has 0 amide bonds. The van der Waals surface area contributed by atoms with Crippen molar-refractivity contribution < 1.29 is 4.43 Å². The summed E-state index contributed by atoms with van der Waals surface area (Å²) in [4.78, 5) is 0. The van der Waals surface area contributed by atoms with Crippen molar-refractivity contribution >= 4 is 14.9 Å². The molecule has 0 heterocycles. The van der Waals surface area contributed by atoms with Gasteiger partial charge in [0.05, 0.1) is 5.60 Å². The standard InChI is InChI=1S/C13H20OSi/c1-4-5-11-13(2,3)14-15-12-9-7-6-8-10-12/h6-10H,4-5,11H2,1-3H3. The lowest BCUT2D eigenvalue weighted by molar-refractivity contribution is 0.105. The highest BCUT2D eigenvalue weighted by Gasteiger charge is 2.17. The second-order valence-electron chi connectivity index (χ2n) is 4.43. The molecule has 0 N–H and O–H groups in total. The first-order valence-electron chi connectivity index (χ1n) is 5.63. The van der Waals surface area contributed by atoms with Gasteiger partial charge >= 0.3 is 0 Å². The summed E-state index contributed by atoms with van der Waals surface area (Å²) in [5.74, 6) is 0. The van der Waals surface area contributed by atoms with Crippen molar-refractivity contribution in [2.24, 2.45) is 0 Å². The Balaban J connectivity index is 2.35. The maximum Gasteiger partial charge on any atom is 0.269 e. The van der Waals surface area contributed by atoms with E-state index in [1.165, 1.54) is 18.0 Å². The molecule has 2 heteroatoms. The molecule has 0 spiro atoms. The van der Waals surface area contributed by atoms with Gasteiger partial charge in [-0.1, -0.05) is 50.1 Å². The molecule has 0 saturated heterocycles. The molecule has 82 valence electrons. The largest absolute Gasteiger partial charge is 0.406 e. The molecule has 0 fully saturated rings. The smallest absolute Gasteiger partial charge is 0.269 e. The lowest BCUT2D eigenvalue weighted by Gasteiger charge is -2.25. The van der Waals surface area contributed by atoms with E-state index in [9.17, 15) is 0 Å². The van der Waals surface area contributed by atoms with Gasteiger partial charge in [0.1, 0.15) is 0 Å². The molecule has 2 radical (unpaired) electrons. The molecular formula is C13H20OSi. The molecule has 0 unspecified atom stereocenters. The van der Waals surface area contributed by atoms with E-state index in [1.54, 1.807) is 0 Å². The van der Waals surface area contributed by atoms with Crippen LogP contribution in [0.15, 0.2) is 30.3 Å². The van der Waals surface area contributed by atoms with E-state index in [4.69, 9.17) is 4.43 Å². The molecule has 1 aromatic carbocycles. The Kier molecular flexibility index (Phi) is 5.06. The normalized spacial score (nSPS) is 11.7. The second kappa shape index (κ2) is 6.08. The second-order valence-corrected chi connectivity index (χ2v) is 5.42. The lowest BCUT2D eigenvalue weighted by Crippen LogP contribution is -2.31. The molecule has 0 bridgehead atoms. The van der Waals surface area contributed by atoms with Gasteiger partial charge in [-0.2, -0.15) is 0 Å². The van der Waals surface area contributed by atoms with Gasteiger partial charge in [-0.3, -0.25) is 0 Å². The molecule has 15 heavy (non-hydrogen) atoms. The van der Waals surface area contributed by atoms with Crippen molar-refractivity contribution in [3.8, 4) is 0 Å².